The van der Waals surface area contributed by atoms with Crippen LogP contribution in [0.2, 0.25) is 0 Å². The van der Waals surface area contributed by atoms with E-state index in [-0.39, 0.29) is 12.6 Å². The summed E-state index contributed by atoms with van der Waals surface area (Å²) in [5.74, 6) is 1.58. The van der Waals surface area contributed by atoms with Crippen LogP contribution in [0.25, 0.3) is 10.2 Å². The Labute approximate surface area is 126 Å². The lowest BCUT2D eigenvalue weighted by molar-refractivity contribution is 0.273. The third-order valence-corrected chi connectivity index (χ3v) is 4.53. The monoisotopic (exact) mass is 303 g/mol. The average molecular weight is 303 g/mol. The lowest BCUT2D eigenvalue weighted by Gasteiger charge is -2.16. The highest BCUT2D eigenvalue weighted by Crippen LogP contribution is 2.31. The van der Waals surface area contributed by atoms with E-state index in [1.54, 1.807) is 23.9 Å². The number of fused-ring (bicyclic) bond motifs is 1. The summed E-state index contributed by atoms with van der Waals surface area (Å²) in [6.45, 7) is 2.21. The lowest BCUT2D eigenvalue weighted by Crippen LogP contribution is -2.13. The Kier molecular flexibility index (Phi) is 4.17. The Morgan fingerprint density at radius 2 is 2.33 bits per heavy atom. The summed E-state index contributed by atoms with van der Waals surface area (Å²) in [6.07, 6.45) is 4.75. The number of thiophene rings is 1. The third kappa shape index (κ3) is 2.91. The molecule has 110 valence electrons. The number of nitrogens with one attached hydrogen (secondary N) is 1. The molecule has 0 aliphatic rings. The van der Waals surface area contributed by atoms with E-state index in [1.165, 1.54) is 4.88 Å². The molecule has 3 heterocycles. The molecule has 0 fully saturated rings. The molecule has 3 rings (SSSR count). The summed E-state index contributed by atoms with van der Waals surface area (Å²) in [5.41, 5.74) is 0. The predicted octanol–water partition coefficient (Wildman–Crippen LogP) is 3.38. The van der Waals surface area contributed by atoms with E-state index in [9.17, 15) is 5.11 Å². The molecule has 1 atom stereocenters. The number of hydrogen-bond donors (Lipinski definition) is 2. The standard InChI is InChI=1S/C15H17N3O2S/c1-2-10-8-11-14(16-9-17-15(11)21-10)18-12(5-6-19)13-4-3-7-20-13/h3-4,7-9,12,19H,2,5-6H2,1H3,(H,16,17,18). The van der Waals surface area contributed by atoms with Gasteiger partial charge in [-0.25, -0.2) is 9.97 Å². The van der Waals surface area contributed by atoms with Crippen molar-refractivity contribution in [3.05, 3.63) is 41.4 Å². The van der Waals surface area contributed by atoms with Gasteiger partial charge >= 0.3 is 0 Å². The number of aromatic nitrogens is 2. The number of aliphatic hydroxyl groups excluding tert-OH is 1. The third-order valence-electron chi connectivity index (χ3n) is 3.34. The maximum atomic E-state index is 9.26. The number of nitrogens with zero attached hydrogens (tertiary/aromatic N) is 2. The molecule has 0 saturated carbocycles. The minimum absolute atomic E-state index is 0.0798. The van der Waals surface area contributed by atoms with Gasteiger partial charge in [0, 0.05) is 11.5 Å². The van der Waals surface area contributed by atoms with Gasteiger partial charge in [-0.2, -0.15) is 0 Å². The van der Waals surface area contributed by atoms with Gasteiger partial charge in [0.2, 0.25) is 0 Å². The second-order valence-electron chi connectivity index (χ2n) is 4.73. The normalized spacial score (nSPS) is 12.7. The van der Waals surface area contributed by atoms with Gasteiger partial charge in [-0.3, -0.25) is 0 Å². The highest BCUT2D eigenvalue weighted by molar-refractivity contribution is 7.18. The Morgan fingerprint density at radius 3 is 3.05 bits per heavy atom. The zero-order valence-corrected chi connectivity index (χ0v) is 12.6. The highest BCUT2D eigenvalue weighted by atomic mass is 32.1. The van der Waals surface area contributed by atoms with Crippen LogP contribution in [-0.4, -0.2) is 21.7 Å². The average Bonchev–Trinajstić information content (AvgIpc) is 3.16. The minimum atomic E-state index is -0.104. The molecule has 0 amide bonds. The van der Waals surface area contributed by atoms with E-state index in [0.717, 1.165) is 28.2 Å². The molecule has 0 radical (unpaired) electrons. The second-order valence-corrected chi connectivity index (χ2v) is 5.85. The minimum Gasteiger partial charge on any atom is -0.467 e. The number of furan rings is 1. The molecular weight excluding hydrogens is 286 g/mol. The molecule has 0 aliphatic heterocycles. The van der Waals surface area contributed by atoms with E-state index in [0.29, 0.717) is 6.42 Å². The van der Waals surface area contributed by atoms with Crippen molar-refractivity contribution in [3.8, 4) is 0 Å². The Balaban J connectivity index is 1.93. The Bertz CT molecular complexity index is 709. The van der Waals surface area contributed by atoms with E-state index < -0.39 is 0 Å². The van der Waals surface area contributed by atoms with E-state index >= 15 is 0 Å². The van der Waals surface area contributed by atoms with Crippen molar-refractivity contribution in [1.82, 2.24) is 9.97 Å². The Morgan fingerprint density at radius 1 is 1.43 bits per heavy atom. The molecular formula is C15H17N3O2S. The zero-order valence-electron chi connectivity index (χ0n) is 11.7. The molecule has 0 aromatic carbocycles. The van der Waals surface area contributed by atoms with Crippen molar-refractivity contribution in [3.63, 3.8) is 0 Å². The van der Waals surface area contributed by atoms with Gasteiger partial charge in [0.25, 0.3) is 0 Å². The molecule has 0 aliphatic carbocycles. The summed E-state index contributed by atoms with van der Waals surface area (Å²) in [5, 5.41) is 13.6. The smallest absolute Gasteiger partial charge is 0.138 e. The first-order chi connectivity index (χ1) is 10.3. The maximum Gasteiger partial charge on any atom is 0.138 e. The molecule has 3 aromatic heterocycles. The lowest BCUT2D eigenvalue weighted by atomic mass is 10.1. The predicted molar refractivity (Wildman–Crippen MR) is 83.6 cm³/mol. The van der Waals surface area contributed by atoms with Crippen LogP contribution in [0.3, 0.4) is 0 Å². The summed E-state index contributed by atoms with van der Waals surface area (Å²) >= 11 is 1.69. The molecule has 0 saturated heterocycles. The molecule has 6 heteroatoms. The van der Waals surface area contributed by atoms with Crippen LogP contribution in [0.4, 0.5) is 5.82 Å². The molecule has 5 nitrogen and oxygen atoms in total. The number of anilines is 1. The van der Waals surface area contributed by atoms with Crippen molar-refractivity contribution < 1.29 is 9.52 Å². The van der Waals surface area contributed by atoms with Crippen molar-refractivity contribution >= 4 is 27.4 Å². The summed E-state index contributed by atoms with van der Waals surface area (Å²) in [4.78, 5) is 10.9. The van der Waals surface area contributed by atoms with Crippen LogP contribution in [-0.2, 0) is 6.42 Å². The molecule has 21 heavy (non-hydrogen) atoms. The van der Waals surface area contributed by atoms with Crippen LogP contribution < -0.4 is 5.32 Å². The first-order valence-electron chi connectivity index (χ1n) is 6.96. The van der Waals surface area contributed by atoms with Crippen molar-refractivity contribution in [2.75, 3.05) is 11.9 Å². The Hall–Kier alpha value is -1.92. The SMILES string of the molecule is CCc1cc2c(NC(CCO)c3ccco3)ncnc2s1. The number of hydrogen-bond acceptors (Lipinski definition) is 6. The van der Waals surface area contributed by atoms with Gasteiger partial charge in [0.1, 0.15) is 22.7 Å². The van der Waals surface area contributed by atoms with E-state index in [4.69, 9.17) is 4.42 Å². The number of aliphatic hydroxyl groups is 1. The fourth-order valence-corrected chi connectivity index (χ4v) is 3.20. The first-order valence-corrected chi connectivity index (χ1v) is 7.77. The van der Waals surface area contributed by atoms with Gasteiger partial charge in [-0.15, -0.1) is 11.3 Å². The van der Waals surface area contributed by atoms with E-state index in [2.05, 4.69) is 28.3 Å². The zero-order chi connectivity index (χ0) is 14.7. The van der Waals surface area contributed by atoms with Crippen LogP contribution in [0, 0.1) is 0 Å². The van der Waals surface area contributed by atoms with Gasteiger partial charge in [0.05, 0.1) is 17.7 Å². The van der Waals surface area contributed by atoms with Crippen LogP contribution in [0.1, 0.15) is 30.0 Å². The van der Waals surface area contributed by atoms with Gasteiger partial charge in [-0.05, 0) is 31.0 Å². The maximum absolute atomic E-state index is 9.26. The summed E-state index contributed by atoms with van der Waals surface area (Å²) in [6, 6.07) is 5.77. The van der Waals surface area contributed by atoms with Gasteiger partial charge in [0.15, 0.2) is 0 Å². The highest BCUT2D eigenvalue weighted by Gasteiger charge is 2.16. The topological polar surface area (TPSA) is 71.2 Å². The molecule has 1 unspecified atom stereocenters. The number of aryl methyl sites for hydroxylation is 1. The van der Waals surface area contributed by atoms with Crippen LogP contribution in [0.15, 0.2) is 35.2 Å². The fraction of sp³-hybridized carbons (Fsp3) is 0.333. The van der Waals surface area contributed by atoms with Gasteiger partial charge in [-0.1, -0.05) is 6.92 Å². The first kappa shape index (κ1) is 14.0. The van der Waals surface area contributed by atoms with Crippen LogP contribution in [0.5, 0.6) is 0 Å². The largest absolute Gasteiger partial charge is 0.467 e. The van der Waals surface area contributed by atoms with Crippen molar-refractivity contribution in [2.45, 2.75) is 25.8 Å². The summed E-state index contributed by atoms with van der Waals surface area (Å²) < 4.78 is 5.44. The molecule has 3 aromatic rings. The number of rotatable bonds is 6. The summed E-state index contributed by atoms with van der Waals surface area (Å²) in [7, 11) is 0. The van der Waals surface area contributed by atoms with Crippen molar-refractivity contribution in [1.29, 1.82) is 0 Å². The van der Waals surface area contributed by atoms with Crippen LogP contribution >= 0.6 is 11.3 Å². The second kappa shape index (κ2) is 6.24. The van der Waals surface area contributed by atoms with E-state index in [1.807, 2.05) is 12.1 Å². The fourth-order valence-electron chi connectivity index (χ4n) is 2.26. The molecule has 0 bridgehead atoms. The van der Waals surface area contributed by atoms with Crippen molar-refractivity contribution in [2.24, 2.45) is 0 Å². The van der Waals surface area contributed by atoms with Gasteiger partial charge < -0.3 is 14.8 Å². The molecule has 0 spiro atoms. The quantitative estimate of drug-likeness (QED) is 0.730. The molecule has 2 N–H and O–H groups in total.